The van der Waals surface area contributed by atoms with Gasteiger partial charge in [0.15, 0.2) is 0 Å². The number of carbonyl (C=O) groups is 1. The zero-order valence-electron chi connectivity index (χ0n) is 10.9. The third-order valence-corrected chi connectivity index (χ3v) is 2.51. The number of nitrogens with one attached hydrogen (secondary N) is 1. The van der Waals surface area contributed by atoms with Gasteiger partial charge in [-0.05, 0) is 19.4 Å². The van der Waals surface area contributed by atoms with Crippen LogP contribution < -0.4 is 11.3 Å². The maximum Gasteiger partial charge on any atom is 0.233 e. The molecule has 1 amide bonds. The zero-order valence-corrected chi connectivity index (χ0v) is 10.9. The van der Waals surface area contributed by atoms with Gasteiger partial charge in [0.25, 0.3) is 0 Å². The number of hydrogen-bond donors (Lipinski definition) is 2. The largest absolute Gasteiger partial charge is 0.383 e. The van der Waals surface area contributed by atoms with Gasteiger partial charge in [-0.3, -0.25) is 15.1 Å². The Morgan fingerprint density at radius 1 is 1.12 bits per heavy atom. The van der Waals surface area contributed by atoms with E-state index < -0.39 is 0 Å². The molecule has 0 bridgehead atoms. The van der Waals surface area contributed by atoms with E-state index in [1.165, 1.54) is 0 Å². The molecule has 0 aromatic carbocycles. The van der Waals surface area contributed by atoms with Gasteiger partial charge in [0.05, 0.1) is 13.2 Å². The zero-order chi connectivity index (χ0) is 12.9. The number of nitrogens with two attached hydrogens (primary N) is 1. The molecule has 0 saturated carbocycles. The highest BCUT2D eigenvalue weighted by Gasteiger charge is 2.05. The Morgan fingerprint density at radius 2 is 1.71 bits per heavy atom. The second-order valence-corrected chi connectivity index (χ2v) is 3.85. The Labute approximate surface area is 103 Å². The van der Waals surface area contributed by atoms with Gasteiger partial charge in [-0.1, -0.05) is 0 Å². The summed E-state index contributed by atoms with van der Waals surface area (Å²) >= 11 is 0. The number of nitrogens with zero attached hydrogens (tertiary/aromatic N) is 1. The first-order valence-corrected chi connectivity index (χ1v) is 5.94. The highest BCUT2D eigenvalue weighted by atomic mass is 16.5. The molecular weight excluding hydrogens is 222 g/mol. The van der Waals surface area contributed by atoms with Crippen LogP contribution in [-0.2, 0) is 14.3 Å². The molecule has 0 atom stereocenters. The number of hydrogen-bond acceptors (Lipinski definition) is 5. The van der Waals surface area contributed by atoms with E-state index in [0.29, 0.717) is 19.6 Å². The van der Waals surface area contributed by atoms with E-state index in [1.807, 2.05) is 0 Å². The molecular formula is C11H25N3O3. The van der Waals surface area contributed by atoms with E-state index in [9.17, 15) is 4.79 Å². The normalized spacial score (nSPS) is 10.8. The minimum absolute atomic E-state index is 0.106. The molecule has 0 aromatic rings. The van der Waals surface area contributed by atoms with Crippen molar-refractivity contribution >= 4 is 5.91 Å². The van der Waals surface area contributed by atoms with Crippen LogP contribution in [0.2, 0.25) is 0 Å². The summed E-state index contributed by atoms with van der Waals surface area (Å²) in [6, 6.07) is 0. The Kier molecular flexibility index (Phi) is 11.3. The molecule has 102 valence electrons. The minimum Gasteiger partial charge on any atom is -0.383 e. The van der Waals surface area contributed by atoms with E-state index in [4.69, 9.17) is 15.3 Å². The molecule has 0 unspecified atom stereocenters. The van der Waals surface area contributed by atoms with Gasteiger partial charge in [-0.15, -0.1) is 0 Å². The Morgan fingerprint density at radius 3 is 2.18 bits per heavy atom. The molecule has 17 heavy (non-hydrogen) atoms. The van der Waals surface area contributed by atoms with Crippen LogP contribution in [0.4, 0.5) is 0 Å². The lowest BCUT2D eigenvalue weighted by Gasteiger charge is -2.21. The number of carbonyl (C=O) groups excluding carboxylic acids is 1. The fourth-order valence-corrected chi connectivity index (χ4v) is 1.47. The maximum absolute atomic E-state index is 10.9. The summed E-state index contributed by atoms with van der Waals surface area (Å²) < 4.78 is 10.1. The third-order valence-electron chi connectivity index (χ3n) is 2.51. The Balaban J connectivity index is 3.62. The van der Waals surface area contributed by atoms with Crippen LogP contribution in [0.1, 0.15) is 19.3 Å². The van der Waals surface area contributed by atoms with Gasteiger partial charge in [0, 0.05) is 33.7 Å². The number of ether oxygens (including phenoxy) is 2. The van der Waals surface area contributed by atoms with Crippen molar-refractivity contribution in [2.24, 2.45) is 5.84 Å². The summed E-state index contributed by atoms with van der Waals surface area (Å²) in [6.45, 7) is 4.16. The lowest BCUT2D eigenvalue weighted by atomic mass is 10.2. The summed E-state index contributed by atoms with van der Waals surface area (Å²) in [4.78, 5) is 13.2. The molecule has 0 aromatic heterocycles. The molecule has 6 nitrogen and oxygen atoms in total. The molecule has 0 fully saturated rings. The monoisotopic (exact) mass is 247 g/mol. The average Bonchev–Trinajstić information content (AvgIpc) is 2.36. The molecule has 0 saturated heterocycles. The van der Waals surface area contributed by atoms with Gasteiger partial charge in [-0.2, -0.15) is 0 Å². The summed E-state index contributed by atoms with van der Waals surface area (Å²) in [6.07, 6.45) is 2.30. The number of amides is 1. The van der Waals surface area contributed by atoms with Crippen molar-refractivity contribution < 1.29 is 14.3 Å². The second-order valence-electron chi connectivity index (χ2n) is 3.85. The third kappa shape index (κ3) is 10.2. The van der Waals surface area contributed by atoms with Gasteiger partial charge in [0.2, 0.25) is 5.91 Å². The molecule has 0 aliphatic carbocycles. The van der Waals surface area contributed by atoms with E-state index in [1.54, 1.807) is 14.2 Å². The molecule has 0 heterocycles. The predicted octanol–water partition coefficient (Wildman–Crippen LogP) is -0.259. The number of methoxy groups -OCH3 is 2. The highest BCUT2D eigenvalue weighted by Crippen LogP contribution is 1.99. The predicted molar refractivity (Wildman–Crippen MR) is 66.4 cm³/mol. The Bertz CT molecular complexity index is 183. The topological polar surface area (TPSA) is 76.8 Å². The molecule has 0 radical (unpaired) electrons. The van der Waals surface area contributed by atoms with Crippen molar-refractivity contribution in [2.75, 3.05) is 47.1 Å². The van der Waals surface area contributed by atoms with Crippen LogP contribution in [0, 0.1) is 0 Å². The summed E-state index contributed by atoms with van der Waals surface area (Å²) in [7, 11) is 3.39. The van der Waals surface area contributed by atoms with Crippen molar-refractivity contribution in [1.29, 1.82) is 0 Å². The van der Waals surface area contributed by atoms with Crippen LogP contribution in [0.5, 0.6) is 0 Å². The molecule has 0 aliphatic heterocycles. The van der Waals surface area contributed by atoms with Crippen molar-refractivity contribution in [3.05, 3.63) is 0 Å². The second kappa shape index (κ2) is 11.8. The molecule has 0 rings (SSSR count). The number of rotatable bonds is 11. The Hall–Kier alpha value is -0.690. The van der Waals surface area contributed by atoms with Crippen molar-refractivity contribution in [3.8, 4) is 0 Å². The van der Waals surface area contributed by atoms with Crippen LogP contribution in [-0.4, -0.2) is 57.9 Å². The standard InChI is InChI=1S/C11H25N3O3/c1-16-9-7-14(8-10-17-2)6-4-3-5-11(15)13-12/h3-10,12H2,1-2H3,(H,13,15). The van der Waals surface area contributed by atoms with Crippen LogP contribution in [0.15, 0.2) is 0 Å². The number of hydrazine groups is 1. The average molecular weight is 247 g/mol. The fraction of sp³-hybridized carbons (Fsp3) is 0.909. The SMILES string of the molecule is COCCN(CCCCC(=O)NN)CCOC. The quantitative estimate of drug-likeness (QED) is 0.228. The van der Waals surface area contributed by atoms with Crippen LogP contribution in [0.25, 0.3) is 0 Å². The van der Waals surface area contributed by atoms with Crippen LogP contribution in [0.3, 0.4) is 0 Å². The maximum atomic E-state index is 10.9. The summed E-state index contributed by atoms with van der Waals surface area (Å²) in [5.74, 6) is 4.90. The first-order valence-electron chi connectivity index (χ1n) is 5.94. The van der Waals surface area contributed by atoms with Gasteiger partial charge in [0.1, 0.15) is 0 Å². The summed E-state index contributed by atoms with van der Waals surface area (Å²) in [5.41, 5.74) is 2.13. The van der Waals surface area contributed by atoms with Crippen LogP contribution >= 0.6 is 0 Å². The summed E-state index contributed by atoms with van der Waals surface area (Å²) in [5, 5.41) is 0. The molecule has 0 spiro atoms. The minimum atomic E-state index is -0.106. The molecule has 0 aliphatic rings. The van der Waals surface area contributed by atoms with E-state index in [-0.39, 0.29) is 5.91 Å². The van der Waals surface area contributed by atoms with Crippen molar-refractivity contribution in [1.82, 2.24) is 10.3 Å². The molecule has 3 N–H and O–H groups in total. The van der Waals surface area contributed by atoms with E-state index in [2.05, 4.69) is 10.3 Å². The van der Waals surface area contributed by atoms with Gasteiger partial charge in [-0.25, -0.2) is 5.84 Å². The fourth-order valence-electron chi connectivity index (χ4n) is 1.47. The molecule has 6 heteroatoms. The van der Waals surface area contributed by atoms with Gasteiger partial charge < -0.3 is 9.47 Å². The highest BCUT2D eigenvalue weighted by molar-refractivity contribution is 5.74. The lowest BCUT2D eigenvalue weighted by molar-refractivity contribution is -0.121. The lowest BCUT2D eigenvalue weighted by Crippen LogP contribution is -2.32. The first kappa shape index (κ1) is 16.3. The van der Waals surface area contributed by atoms with Crippen molar-refractivity contribution in [2.45, 2.75) is 19.3 Å². The van der Waals surface area contributed by atoms with Crippen molar-refractivity contribution in [3.63, 3.8) is 0 Å². The van der Waals surface area contributed by atoms with E-state index in [0.717, 1.165) is 32.5 Å². The van der Waals surface area contributed by atoms with Gasteiger partial charge >= 0.3 is 0 Å². The first-order chi connectivity index (χ1) is 8.24. The van der Waals surface area contributed by atoms with E-state index >= 15 is 0 Å². The smallest absolute Gasteiger partial charge is 0.233 e. The number of unbranched alkanes of at least 4 members (excludes halogenated alkanes) is 1.